The monoisotopic (exact) mass is 334 g/mol. The van der Waals surface area contributed by atoms with Crippen molar-refractivity contribution >= 4 is 34.3 Å². The molecular weight excluding hydrogens is 324 g/mol. The van der Waals surface area contributed by atoms with Gasteiger partial charge in [0.25, 0.3) is 5.79 Å². The van der Waals surface area contributed by atoms with E-state index in [-0.39, 0.29) is 28.0 Å². The molecule has 0 radical (unpaired) electrons. The third-order valence-electron chi connectivity index (χ3n) is 3.08. The Bertz CT molecular complexity index is 877. The molecule has 0 saturated carbocycles. The minimum absolute atomic E-state index is 0.0684. The van der Waals surface area contributed by atoms with Gasteiger partial charge in [-0.05, 0) is 16.4 Å². The zero-order chi connectivity index (χ0) is 17.5. The molecule has 3 rings (SSSR count). The topological polar surface area (TPSA) is 147 Å². The molecule has 1 aliphatic heterocycles. The maximum Gasteiger partial charge on any atom is 0.350 e. The number of non-ortho nitro benzene ring substituents is 1. The quantitative estimate of drug-likeness (QED) is 0.286. The Labute approximate surface area is 133 Å². The van der Waals surface area contributed by atoms with E-state index in [1.165, 1.54) is 26.0 Å². The number of carbonyl (C=O) groups excluding carboxylic acids is 2. The summed E-state index contributed by atoms with van der Waals surface area (Å²) < 4.78 is 14.4. The number of nitrogens with zero attached hydrogens (tertiary/aromatic N) is 3. The van der Waals surface area contributed by atoms with E-state index in [1.54, 1.807) is 0 Å². The Balaban J connectivity index is 1.93. The van der Waals surface area contributed by atoms with Gasteiger partial charge in [0.05, 0.1) is 10.6 Å². The van der Waals surface area contributed by atoms with Crippen LogP contribution in [0.3, 0.4) is 0 Å². The van der Waals surface area contributed by atoms with Gasteiger partial charge in [-0.15, -0.1) is 0 Å². The zero-order valence-corrected chi connectivity index (χ0v) is 12.4. The second kappa shape index (κ2) is 5.30. The number of hydrogen-bond donors (Lipinski definition) is 1. The van der Waals surface area contributed by atoms with E-state index in [0.29, 0.717) is 0 Å². The van der Waals surface area contributed by atoms with Gasteiger partial charge < -0.3 is 14.8 Å². The number of nitro benzene ring substituents is 1. The number of cyclic esters (lactones) is 2. The van der Waals surface area contributed by atoms with E-state index in [1.807, 2.05) is 0 Å². The highest BCUT2D eigenvalue weighted by molar-refractivity contribution is 6.15. The van der Waals surface area contributed by atoms with Gasteiger partial charge in [0.1, 0.15) is 0 Å². The van der Waals surface area contributed by atoms with Crippen molar-refractivity contribution < 1.29 is 28.6 Å². The predicted molar refractivity (Wildman–Crippen MR) is 76.4 cm³/mol. The Kier molecular flexibility index (Phi) is 3.40. The van der Waals surface area contributed by atoms with Crippen LogP contribution in [-0.2, 0) is 19.1 Å². The Morgan fingerprint density at radius 2 is 1.79 bits per heavy atom. The van der Waals surface area contributed by atoms with Crippen LogP contribution >= 0.6 is 0 Å². The lowest BCUT2D eigenvalue weighted by molar-refractivity contribution is -0.383. The number of hydrogen-bond acceptors (Lipinski definition) is 10. The molecule has 24 heavy (non-hydrogen) atoms. The van der Waals surface area contributed by atoms with Gasteiger partial charge in [-0.25, -0.2) is 14.2 Å². The summed E-state index contributed by atoms with van der Waals surface area (Å²) in [7, 11) is 0. The minimum Gasteiger partial charge on any atom is -0.419 e. The Morgan fingerprint density at radius 3 is 2.42 bits per heavy atom. The summed E-state index contributed by atoms with van der Waals surface area (Å²) in [5.74, 6) is -3.07. The Hall–Kier alpha value is -3.50. The smallest absolute Gasteiger partial charge is 0.350 e. The number of rotatable bonds is 3. The lowest BCUT2D eigenvalue weighted by atomic mass is 10.2. The van der Waals surface area contributed by atoms with Crippen LogP contribution in [0.25, 0.3) is 11.0 Å². The first kappa shape index (κ1) is 15.4. The van der Waals surface area contributed by atoms with Gasteiger partial charge in [0, 0.05) is 26.1 Å². The molecular formula is C13H10N4O7. The van der Waals surface area contributed by atoms with E-state index in [4.69, 9.17) is 9.47 Å². The molecule has 11 nitrogen and oxygen atoms in total. The normalized spacial score (nSPS) is 16.5. The van der Waals surface area contributed by atoms with Gasteiger partial charge in [0.15, 0.2) is 11.1 Å². The lowest BCUT2D eigenvalue weighted by Gasteiger charge is -2.29. The predicted octanol–water partition coefficient (Wildman–Crippen LogP) is 1.26. The fraction of sp³-hybridized carbons (Fsp3) is 0.231. The second-order valence-electron chi connectivity index (χ2n) is 5.23. The average Bonchev–Trinajstić information content (AvgIpc) is 2.94. The molecule has 1 fully saturated rings. The molecule has 0 atom stereocenters. The maximum absolute atomic E-state index is 11.8. The van der Waals surface area contributed by atoms with Gasteiger partial charge in [-0.3, -0.25) is 10.1 Å². The molecule has 0 unspecified atom stereocenters. The number of fused-ring (bicyclic) bond motifs is 1. The van der Waals surface area contributed by atoms with E-state index in [9.17, 15) is 19.7 Å². The van der Waals surface area contributed by atoms with Crippen LogP contribution in [0.15, 0.2) is 28.5 Å². The number of anilines is 1. The number of esters is 2. The fourth-order valence-corrected chi connectivity index (χ4v) is 2.05. The summed E-state index contributed by atoms with van der Waals surface area (Å²) >= 11 is 0. The molecule has 11 heteroatoms. The molecule has 0 aliphatic carbocycles. The Morgan fingerprint density at radius 1 is 1.17 bits per heavy atom. The number of carbonyl (C=O) groups is 2. The molecule has 1 aromatic carbocycles. The van der Waals surface area contributed by atoms with Crippen molar-refractivity contribution in [3.63, 3.8) is 0 Å². The first-order chi connectivity index (χ1) is 11.3. The third-order valence-corrected chi connectivity index (χ3v) is 3.08. The largest absolute Gasteiger partial charge is 0.419 e. The molecule has 2 heterocycles. The second-order valence-corrected chi connectivity index (χ2v) is 5.23. The molecule has 0 bridgehead atoms. The van der Waals surface area contributed by atoms with Crippen LogP contribution in [0.2, 0.25) is 0 Å². The minimum atomic E-state index is -1.35. The van der Waals surface area contributed by atoms with Crippen LogP contribution < -0.4 is 5.32 Å². The summed E-state index contributed by atoms with van der Waals surface area (Å²) in [4.78, 5) is 33.9. The van der Waals surface area contributed by atoms with Crippen molar-refractivity contribution in [3.05, 3.63) is 34.0 Å². The molecule has 1 saturated heterocycles. The van der Waals surface area contributed by atoms with E-state index < -0.39 is 22.6 Å². The van der Waals surface area contributed by atoms with Gasteiger partial charge in [-0.1, -0.05) is 0 Å². The first-order valence-electron chi connectivity index (χ1n) is 6.61. The third kappa shape index (κ3) is 2.62. The standard InChI is InChI=1S/C13H10N4O7/c1-13(2)22-11(18)6(12(19)23-13)5-14-7-3-4-8(17(20)21)10-9(7)15-24-16-10/h3-5,14H,1-2H3. The highest BCUT2D eigenvalue weighted by atomic mass is 16.7. The first-order valence-corrected chi connectivity index (χ1v) is 6.61. The van der Waals surface area contributed by atoms with Gasteiger partial charge in [-0.2, -0.15) is 0 Å². The SMILES string of the molecule is CC1(C)OC(=O)C(=CNc2ccc([N+](=O)[O-])c3nonc23)C(=O)O1. The number of nitro groups is 1. The molecule has 0 spiro atoms. The zero-order valence-electron chi connectivity index (χ0n) is 12.4. The highest BCUT2D eigenvalue weighted by Crippen LogP contribution is 2.29. The number of benzene rings is 1. The fourth-order valence-electron chi connectivity index (χ4n) is 2.05. The van der Waals surface area contributed by atoms with Crippen molar-refractivity contribution in [2.75, 3.05) is 5.32 Å². The molecule has 2 aromatic rings. The van der Waals surface area contributed by atoms with Crippen LogP contribution in [0, 0.1) is 10.1 Å². The van der Waals surface area contributed by atoms with Crippen LogP contribution in [0.4, 0.5) is 11.4 Å². The van der Waals surface area contributed by atoms with E-state index >= 15 is 0 Å². The van der Waals surface area contributed by atoms with E-state index in [0.717, 1.165) is 6.20 Å². The van der Waals surface area contributed by atoms with Gasteiger partial charge >= 0.3 is 17.6 Å². The summed E-state index contributed by atoms with van der Waals surface area (Å²) in [5.41, 5.74) is -0.410. The highest BCUT2D eigenvalue weighted by Gasteiger charge is 2.39. The van der Waals surface area contributed by atoms with Crippen LogP contribution in [-0.4, -0.2) is 33.0 Å². The summed E-state index contributed by atoms with van der Waals surface area (Å²) in [6.45, 7) is 2.85. The molecule has 1 aliphatic rings. The molecule has 124 valence electrons. The van der Waals surface area contributed by atoms with Crippen LogP contribution in [0.1, 0.15) is 13.8 Å². The summed E-state index contributed by atoms with van der Waals surface area (Å²) in [5, 5.41) is 20.6. The molecule has 0 amide bonds. The molecule has 1 N–H and O–H groups in total. The average molecular weight is 334 g/mol. The molecule has 1 aromatic heterocycles. The summed E-state index contributed by atoms with van der Waals surface area (Å²) in [6, 6.07) is 2.53. The van der Waals surface area contributed by atoms with Crippen molar-refractivity contribution in [1.82, 2.24) is 10.3 Å². The summed E-state index contributed by atoms with van der Waals surface area (Å²) in [6.07, 6.45) is 1.06. The van der Waals surface area contributed by atoms with Crippen molar-refractivity contribution in [1.29, 1.82) is 0 Å². The van der Waals surface area contributed by atoms with Crippen molar-refractivity contribution in [2.24, 2.45) is 0 Å². The maximum atomic E-state index is 11.8. The lowest BCUT2D eigenvalue weighted by Crippen LogP contribution is -2.42. The van der Waals surface area contributed by atoms with Gasteiger partial charge in [0.2, 0.25) is 5.52 Å². The number of ether oxygens (including phenoxy) is 2. The van der Waals surface area contributed by atoms with Crippen LogP contribution in [0.5, 0.6) is 0 Å². The van der Waals surface area contributed by atoms with Crippen molar-refractivity contribution in [2.45, 2.75) is 19.6 Å². The number of nitrogens with one attached hydrogen (secondary N) is 1. The van der Waals surface area contributed by atoms with E-state index in [2.05, 4.69) is 20.3 Å². The number of aromatic nitrogens is 2. The van der Waals surface area contributed by atoms with Crippen molar-refractivity contribution in [3.8, 4) is 0 Å².